The molecule has 124 valence electrons. The van der Waals surface area contributed by atoms with Crippen molar-refractivity contribution in [2.75, 3.05) is 51.3 Å². The summed E-state index contributed by atoms with van der Waals surface area (Å²) >= 11 is 0. The van der Waals surface area contributed by atoms with Crippen molar-refractivity contribution in [1.29, 1.82) is 5.26 Å². The predicted octanol–water partition coefficient (Wildman–Crippen LogP) is 0.226. The fraction of sp³-hybridized carbons (Fsp3) is 0.562. The van der Waals surface area contributed by atoms with Crippen molar-refractivity contribution in [3.63, 3.8) is 0 Å². The van der Waals surface area contributed by atoms with Gasteiger partial charge in [-0.25, -0.2) is 4.98 Å². The largest absolute Gasteiger partial charge is 0.383 e. The van der Waals surface area contributed by atoms with Gasteiger partial charge in [0.15, 0.2) is 0 Å². The van der Waals surface area contributed by atoms with E-state index in [4.69, 9.17) is 10.00 Å². The second kappa shape index (κ2) is 8.46. The third-order valence-electron chi connectivity index (χ3n) is 3.77. The highest BCUT2D eigenvalue weighted by Crippen LogP contribution is 2.17. The van der Waals surface area contributed by atoms with Crippen LogP contribution >= 0.6 is 0 Å². The lowest BCUT2D eigenvalue weighted by Crippen LogP contribution is -2.51. The number of hydrogen-bond donors (Lipinski definition) is 1. The van der Waals surface area contributed by atoms with Crippen molar-refractivity contribution in [2.24, 2.45) is 0 Å². The molecule has 0 bridgehead atoms. The van der Waals surface area contributed by atoms with E-state index < -0.39 is 0 Å². The van der Waals surface area contributed by atoms with E-state index in [1.807, 2.05) is 6.92 Å². The Kier molecular flexibility index (Phi) is 6.32. The van der Waals surface area contributed by atoms with Gasteiger partial charge in [-0.2, -0.15) is 5.26 Å². The van der Waals surface area contributed by atoms with Gasteiger partial charge < -0.3 is 15.0 Å². The van der Waals surface area contributed by atoms with Gasteiger partial charge in [0.1, 0.15) is 11.9 Å². The van der Waals surface area contributed by atoms with E-state index >= 15 is 0 Å². The summed E-state index contributed by atoms with van der Waals surface area (Å²) in [6.07, 6.45) is 1.70. The normalized spacial score (nSPS) is 16.7. The molecule has 1 unspecified atom stereocenters. The number of anilines is 1. The third kappa shape index (κ3) is 4.91. The summed E-state index contributed by atoms with van der Waals surface area (Å²) in [5, 5.41) is 12.1. The van der Waals surface area contributed by atoms with Gasteiger partial charge in [0.2, 0.25) is 5.91 Å². The molecule has 7 nitrogen and oxygen atoms in total. The van der Waals surface area contributed by atoms with E-state index in [1.54, 1.807) is 25.4 Å². The summed E-state index contributed by atoms with van der Waals surface area (Å²) in [4.78, 5) is 20.5. The molecule has 1 aromatic heterocycles. The number of amides is 1. The minimum absolute atomic E-state index is 0.0125. The first kappa shape index (κ1) is 17.2. The minimum atomic E-state index is 0.0125. The third-order valence-corrected chi connectivity index (χ3v) is 3.77. The van der Waals surface area contributed by atoms with Crippen LogP contribution in [-0.4, -0.2) is 68.3 Å². The van der Waals surface area contributed by atoms with Crippen LogP contribution in [0.2, 0.25) is 0 Å². The van der Waals surface area contributed by atoms with Crippen LogP contribution in [0.5, 0.6) is 0 Å². The van der Waals surface area contributed by atoms with Gasteiger partial charge in [-0.1, -0.05) is 0 Å². The van der Waals surface area contributed by atoms with Gasteiger partial charge in [0.25, 0.3) is 0 Å². The van der Waals surface area contributed by atoms with Crippen LogP contribution < -0.4 is 10.2 Å². The Morgan fingerprint density at radius 1 is 1.48 bits per heavy atom. The fourth-order valence-electron chi connectivity index (χ4n) is 2.67. The predicted molar refractivity (Wildman–Crippen MR) is 87.1 cm³/mol. The highest BCUT2D eigenvalue weighted by atomic mass is 16.5. The highest BCUT2D eigenvalue weighted by Gasteiger charge is 2.21. The molecule has 1 amide bonds. The summed E-state index contributed by atoms with van der Waals surface area (Å²) in [5.41, 5.74) is 0.590. The van der Waals surface area contributed by atoms with E-state index in [0.29, 0.717) is 18.7 Å². The van der Waals surface area contributed by atoms with Crippen molar-refractivity contribution in [1.82, 2.24) is 15.2 Å². The Hall–Kier alpha value is -2.17. The molecule has 1 atom stereocenters. The summed E-state index contributed by atoms with van der Waals surface area (Å²) < 4.78 is 5.01. The van der Waals surface area contributed by atoms with Crippen LogP contribution in [0.1, 0.15) is 12.5 Å². The molecule has 0 aliphatic carbocycles. The summed E-state index contributed by atoms with van der Waals surface area (Å²) in [6, 6.07) is 5.74. The maximum atomic E-state index is 12.0. The average molecular weight is 317 g/mol. The van der Waals surface area contributed by atoms with Crippen molar-refractivity contribution >= 4 is 11.7 Å². The first-order chi connectivity index (χ1) is 11.1. The van der Waals surface area contributed by atoms with Gasteiger partial charge in [-0.05, 0) is 19.1 Å². The summed E-state index contributed by atoms with van der Waals surface area (Å²) in [5.74, 6) is 0.742. The molecule has 1 aliphatic rings. The van der Waals surface area contributed by atoms with Crippen LogP contribution in [0.15, 0.2) is 18.3 Å². The Balaban J connectivity index is 1.82. The second-order valence-corrected chi connectivity index (χ2v) is 5.67. The van der Waals surface area contributed by atoms with E-state index in [2.05, 4.69) is 26.2 Å². The molecule has 1 aliphatic heterocycles. The standard InChI is InChI=1S/C16H23N5O2/c1-13(12-23-2)19-15(22)11-20-6-8-21(9-7-20)16-14(10-17)4-3-5-18-16/h3-5,13H,6-9,11-12H2,1-2H3,(H,19,22). The van der Waals surface area contributed by atoms with Crippen molar-refractivity contribution in [3.05, 3.63) is 23.9 Å². The van der Waals surface area contributed by atoms with Gasteiger partial charge in [-0.3, -0.25) is 9.69 Å². The van der Waals surface area contributed by atoms with E-state index in [-0.39, 0.29) is 11.9 Å². The Bertz CT molecular complexity index is 564. The minimum Gasteiger partial charge on any atom is -0.383 e. The quantitative estimate of drug-likeness (QED) is 0.809. The Morgan fingerprint density at radius 2 is 2.22 bits per heavy atom. The zero-order valence-electron chi connectivity index (χ0n) is 13.7. The van der Waals surface area contributed by atoms with Crippen molar-refractivity contribution in [2.45, 2.75) is 13.0 Å². The molecular weight excluding hydrogens is 294 g/mol. The molecule has 23 heavy (non-hydrogen) atoms. The maximum absolute atomic E-state index is 12.0. The SMILES string of the molecule is COCC(C)NC(=O)CN1CCN(c2ncccc2C#N)CC1. The number of methoxy groups -OCH3 is 1. The summed E-state index contributed by atoms with van der Waals surface area (Å²) in [7, 11) is 1.62. The molecule has 0 spiro atoms. The zero-order chi connectivity index (χ0) is 16.7. The Labute approximate surface area is 136 Å². The van der Waals surface area contributed by atoms with E-state index in [9.17, 15) is 4.79 Å². The number of nitrogens with one attached hydrogen (secondary N) is 1. The van der Waals surface area contributed by atoms with Crippen molar-refractivity contribution in [3.8, 4) is 6.07 Å². The highest BCUT2D eigenvalue weighted by molar-refractivity contribution is 5.78. The number of pyridine rings is 1. The number of nitriles is 1. The molecule has 1 aromatic rings. The number of hydrogen-bond acceptors (Lipinski definition) is 6. The molecule has 1 saturated heterocycles. The zero-order valence-corrected chi connectivity index (χ0v) is 13.7. The van der Waals surface area contributed by atoms with Gasteiger partial charge in [0, 0.05) is 45.5 Å². The first-order valence-corrected chi connectivity index (χ1v) is 7.74. The first-order valence-electron chi connectivity index (χ1n) is 7.74. The number of ether oxygens (including phenoxy) is 1. The van der Waals surface area contributed by atoms with E-state index in [0.717, 1.165) is 32.0 Å². The fourth-order valence-corrected chi connectivity index (χ4v) is 2.67. The van der Waals surface area contributed by atoms with Crippen LogP contribution in [-0.2, 0) is 9.53 Å². The van der Waals surface area contributed by atoms with Gasteiger partial charge in [0.05, 0.1) is 18.7 Å². The van der Waals surface area contributed by atoms with Crippen molar-refractivity contribution < 1.29 is 9.53 Å². The number of aromatic nitrogens is 1. The molecule has 2 rings (SSSR count). The van der Waals surface area contributed by atoms with Crippen LogP contribution in [0, 0.1) is 11.3 Å². The van der Waals surface area contributed by atoms with Crippen LogP contribution in [0.3, 0.4) is 0 Å². The molecule has 0 radical (unpaired) electrons. The lowest BCUT2D eigenvalue weighted by molar-refractivity contribution is -0.123. The molecule has 0 aromatic carbocycles. The maximum Gasteiger partial charge on any atom is 0.234 e. The number of rotatable bonds is 6. The Morgan fingerprint density at radius 3 is 2.87 bits per heavy atom. The molecule has 1 fully saturated rings. The van der Waals surface area contributed by atoms with Crippen LogP contribution in [0.25, 0.3) is 0 Å². The average Bonchev–Trinajstić information content (AvgIpc) is 2.55. The number of carbonyl (C=O) groups excluding carboxylic acids is 1. The number of piperazine rings is 1. The second-order valence-electron chi connectivity index (χ2n) is 5.67. The van der Waals surface area contributed by atoms with E-state index in [1.165, 1.54) is 0 Å². The monoisotopic (exact) mass is 317 g/mol. The molecule has 0 saturated carbocycles. The van der Waals surface area contributed by atoms with Gasteiger partial charge >= 0.3 is 0 Å². The smallest absolute Gasteiger partial charge is 0.234 e. The molecule has 2 heterocycles. The molecular formula is C16H23N5O2. The molecule has 1 N–H and O–H groups in total. The summed E-state index contributed by atoms with van der Waals surface area (Å²) in [6.45, 7) is 5.87. The number of nitrogens with zero attached hydrogens (tertiary/aromatic N) is 4. The van der Waals surface area contributed by atoms with Gasteiger partial charge in [-0.15, -0.1) is 0 Å². The molecule has 7 heteroatoms. The topological polar surface area (TPSA) is 81.5 Å². The van der Waals surface area contributed by atoms with Crippen LogP contribution in [0.4, 0.5) is 5.82 Å². The lowest BCUT2D eigenvalue weighted by Gasteiger charge is -2.35. The lowest BCUT2D eigenvalue weighted by atomic mass is 10.2. The number of carbonyl (C=O) groups is 1.